The molecule has 1 amide bonds. The van der Waals surface area contributed by atoms with E-state index in [9.17, 15) is 9.90 Å². The van der Waals surface area contributed by atoms with Crippen LogP contribution in [0, 0.1) is 0 Å². The molecule has 0 spiro atoms. The van der Waals surface area contributed by atoms with Crippen LogP contribution in [0.3, 0.4) is 0 Å². The summed E-state index contributed by atoms with van der Waals surface area (Å²) in [4.78, 5) is 12.2. The molecule has 0 aromatic rings. The van der Waals surface area contributed by atoms with Crippen LogP contribution in [0.15, 0.2) is 60.8 Å². The van der Waals surface area contributed by atoms with Crippen molar-refractivity contribution in [3.8, 4) is 0 Å². The molecule has 0 aromatic carbocycles. The Bertz CT molecular complexity index is 615. The molecule has 0 heterocycles. The van der Waals surface area contributed by atoms with Crippen molar-refractivity contribution in [2.75, 3.05) is 6.54 Å². The molecule has 2 N–H and O–H groups in total. The number of unbranched alkanes of at least 4 members (excludes halogenated alkanes) is 10. The summed E-state index contributed by atoms with van der Waals surface area (Å²) < 4.78 is 0. The van der Waals surface area contributed by atoms with E-state index in [-0.39, 0.29) is 5.91 Å². The van der Waals surface area contributed by atoms with Gasteiger partial charge in [-0.3, -0.25) is 4.79 Å². The molecule has 0 aliphatic rings. The van der Waals surface area contributed by atoms with E-state index >= 15 is 0 Å². The van der Waals surface area contributed by atoms with Crippen molar-refractivity contribution in [3.63, 3.8) is 0 Å². The molecule has 0 unspecified atom stereocenters. The fourth-order valence-corrected chi connectivity index (χ4v) is 3.88. The number of carbonyl (C=O) groups excluding carboxylic acids is 1. The van der Waals surface area contributed by atoms with E-state index < -0.39 is 5.60 Å². The van der Waals surface area contributed by atoms with E-state index in [0.29, 0.717) is 6.54 Å². The molecule has 0 atom stereocenters. The summed E-state index contributed by atoms with van der Waals surface area (Å²) in [7, 11) is 0. The van der Waals surface area contributed by atoms with Crippen molar-refractivity contribution < 1.29 is 9.90 Å². The normalized spacial score (nSPS) is 12.9. The quantitative estimate of drug-likeness (QED) is 0.0862. The lowest BCUT2D eigenvalue weighted by molar-refractivity contribution is -0.118. The van der Waals surface area contributed by atoms with Crippen molar-refractivity contribution in [2.24, 2.45) is 0 Å². The zero-order chi connectivity index (χ0) is 25.9. The lowest BCUT2D eigenvalue weighted by Gasteiger charge is -2.28. The highest BCUT2D eigenvalue weighted by molar-refractivity contribution is 5.87. The predicted molar refractivity (Wildman–Crippen MR) is 155 cm³/mol. The number of hydrogen-bond acceptors (Lipinski definition) is 2. The predicted octanol–water partition coefficient (Wildman–Crippen LogP) is 8.92. The van der Waals surface area contributed by atoms with Crippen LogP contribution in [0.25, 0.3) is 0 Å². The molecule has 0 aliphatic heterocycles. The van der Waals surface area contributed by atoms with Gasteiger partial charge in [-0.2, -0.15) is 0 Å². The van der Waals surface area contributed by atoms with Crippen molar-refractivity contribution in [1.82, 2.24) is 5.32 Å². The maximum Gasteiger partial charge on any atom is 0.243 e. The summed E-state index contributed by atoms with van der Waals surface area (Å²) >= 11 is 0. The Morgan fingerprint density at radius 3 is 1.69 bits per heavy atom. The van der Waals surface area contributed by atoms with Gasteiger partial charge in [-0.25, -0.2) is 0 Å². The van der Waals surface area contributed by atoms with Crippen LogP contribution < -0.4 is 5.32 Å². The first-order chi connectivity index (χ1) is 17.1. The van der Waals surface area contributed by atoms with Gasteiger partial charge in [-0.15, -0.1) is 0 Å². The molecule has 0 rings (SSSR count). The van der Waals surface area contributed by atoms with Gasteiger partial charge in [-0.1, -0.05) is 140 Å². The summed E-state index contributed by atoms with van der Waals surface area (Å²) in [6.45, 7) is 6.97. The second-order valence-corrected chi connectivity index (χ2v) is 9.67. The van der Waals surface area contributed by atoms with Crippen molar-refractivity contribution >= 4 is 5.91 Å². The monoisotopic (exact) mass is 485 g/mol. The highest BCUT2D eigenvalue weighted by Crippen LogP contribution is 2.22. The zero-order valence-corrected chi connectivity index (χ0v) is 23.1. The molecular formula is C32H55NO2. The largest absolute Gasteiger partial charge is 0.388 e. The molecule has 3 nitrogen and oxygen atoms in total. The first-order valence-corrected chi connectivity index (χ1v) is 14.4. The summed E-state index contributed by atoms with van der Waals surface area (Å²) in [5.41, 5.74) is -0.778. The van der Waals surface area contributed by atoms with E-state index in [1.807, 2.05) is 30.4 Å². The third-order valence-corrected chi connectivity index (χ3v) is 6.15. The number of nitrogens with one attached hydrogen (secondary N) is 1. The highest BCUT2D eigenvalue weighted by Gasteiger charge is 2.26. The molecule has 0 bridgehead atoms. The van der Waals surface area contributed by atoms with Crippen molar-refractivity contribution in [3.05, 3.63) is 60.8 Å². The summed E-state index contributed by atoms with van der Waals surface area (Å²) in [6.07, 6.45) is 37.6. The van der Waals surface area contributed by atoms with Crippen molar-refractivity contribution in [1.29, 1.82) is 0 Å². The Morgan fingerprint density at radius 2 is 1.11 bits per heavy atom. The van der Waals surface area contributed by atoms with Crippen LogP contribution in [0.4, 0.5) is 0 Å². The Labute approximate surface area is 217 Å². The number of rotatable bonds is 23. The average Bonchev–Trinajstić information content (AvgIpc) is 2.86. The van der Waals surface area contributed by atoms with Crippen LogP contribution in [0.2, 0.25) is 0 Å². The molecule has 0 aromatic heterocycles. The maximum absolute atomic E-state index is 12.2. The molecule has 35 heavy (non-hydrogen) atoms. The second kappa shape index (κ2) is 25.2. The fourth-order valence-electron chi connectivity index (χ4n) is 3.88. The van der Waals surface area contributed by atoms with Gasteiger partial charge in [0.15, 0.2) is 0 Å². The van der Waals surface area contributed by atoms with Crippen LogP contribution in [0.5, 0.6) is 0 Å². The Morgan fingerprint density at radius 1 is 0.629 bits per heavy atom. The second-order valence-electron chi connectivity index (χ2n) is 9.67. The van der Waals surface area contributed by atoms with Crippen LogP contribution in [-0.4, -0.2) is 23.2 Å². The molecule has 0 aliphatic carbocycles. The third-order valence-electron chi connectivity index (χ3n) is 6.15. The van der Waals surface area contributed by atoms with Gasteiger partial charge in [0.2, 0.25) is 5.91 Å². The Hall–Kier alpha value is -1.87. The first-order valence-electron chi connectivity index (χ1n) is 14.4. The van der Waals surface area contributed by atoms with Crippen molar-refractivity contribution in [2.45, 2.75) is 129 Å². The average molecular weight is 486 g/mol. The highest BCUT2D eigenvalue weighted by atomic mass is 16.3. The van der Waals surface area contributed by atoms with E-state index in [1.165, 1.54) is 44.9 Å². The minimum atomic E-state index is -0.778. The van der Waals surface area contributed by atoms with Crippen LogP contribution in [-0.2, 0) is 4.79 Å². The molecule has 200 valence electrons. The van der Waals surface area contributed by atoms with E-state index in [0.717, 1.165) is 57.8 Å². The molecular weight excluding hydrogens is 430 g/mol. The number of carbonyl (C=O) groups is 1. The standard InChI is InChI=1S/C32H55NO2/c1-4-7-10-13-14-15-16-17-18-19-20-21-22-23-24-27-31(34)33-30-32(35,28-25-11-8-5-2)29-26-12-9-6-3/h14-21,24,27,35H,4-13,22-23,25-26,28-30H2,1-3H3,(H,33,34). The zero-order valence-electron chi connectivity index (χ0n) is 23.1. The number of allylic oxidation sites excluding steroid dienone is 9. The molecule has 3 heteroatoms. The van der Waals surface area contributed by atoms with Gasteiger partial charge in [-0.05, 0) is 44.6 Å². The third kappa shape index (κ3) is 23.6. The summed E-state index contributed by atoms with van der Waals surface area (Å²) in [5, 5.41) is 14.0. The fraction of sp³-hybridized carbons (Fsp3) is 0.656. The topological polar surface area (TPSA) is 49.3 Å². The SMILES string of the molecule is CCCCCC=CC=CC=CC=CCCC=CC(=O)NCC(O)(CCCCCC)CCCCCC. The number of amides is 1. The lowest BCUT2D eigenvalue weighted by Crippen LogP contribution is -2.42. The van der Waals surface area contributed by atoms with Gasteiger partial charge in [0.05, 0.1) is 5.60 Å². The lowest BCUT2D eigenvalue weighted by atomic mass is 9.89. The van der Waals surface area contributed by atoms with Gasteiger partial charge < -0.3 is 10.4 Å². The Balaban J connectivity index is 4.18. The van der Waals surface area contributed by atoms with Gasteiger partial charge >= 0.3 is 0 Å². The Kier molecular flexibility index (Phi) is 23.9. The van der Waals surface area contributed by atoms with Gasteiger partial charge in [0.25, 0.3) is 0 Å². The summed E-state index contributed by atoms with van der Waals surface area (Å²) in [6, 6.07) is 0. The minimum absolute atomic E-state index is 0.109. The number of aliphatic hydroxyl groups is 1. The number of hydrogen-bond donors (Lipinski definition) is 2. The first kappa shape index (κ1) is 33.1. The smallest absolute Gasteiger partial charge is 0.243 e. The van der Waals surface area contributed by atoms with Gasteiger partial charge in [0, 0.05) is 6.54 Å². The van der Waals surface area contributed by atoms with Crippen LogP contribution >= 0.6 is 0 Å². The minimum Gasteiger partial charge on any atom is -0.388 e. The molecule has 0 radical (unpaired) electrons. The maximum atomic E-state index is 12.2. The van der Waals surface area contributed by atoms with E-state index in [2.05, 4.69) is 50.4 Å². The van der Waals surface area contributed by atoms with E-state index in [4.69, 9.17) is 0 Å². The molecule has 0 fully saturated rings. The molecule has 0 saturated heterocycles. The molecule has 0 saturated carbocycles. The van der Waals surface area contributed by atoms with Gasteiger partial charge in [0.1, 0.15) is 0 Å². The van der Waals surface area contributed by atoms with E-state index in [1.54, 1.807) is 6.08 Å². The summed E-state index contributed by atoms with van der Waals surface area (Å²) in [5.74, 6) is -0.109. The van der Waals surface area contributed by atoms with Crippen LogP contribution in [0.1, 0.15) is 124 Å².